The number of hydrogen-bond donors (Lipinski definition) is 2. The zero-order chi connectivity index (χ0) is 10.7. The fourth-order valence-electron chi connectivity index (χ4n) is 1.32. The molecule has 0 bridgehead atoms. The monoisotopic (exact) mass is 196 g/mol. The third-order valence-electron chi connectivity index (χ3n) is 2.00. The maximum atomic E-state index is 9.23. The van der Waals surface area contributed by atoms with Gasteiger partial charge in [-0.1, -0.05) is 0 Å². The van der Waals surface area contributed by atoms with Crippen LogP contribution in [0.5, 0.6) is 0 Å². The Balaban J connectivity index is 2.89. The van der Waals surface area contributed by atoms with E-state index in [4.69, 9.17) is 5.73 Å². The number of nitrogens with two attached hydrogens (primary N) is 1. The molecule has 1 aromatic heterocycles. The topological polar surface area (TPSA) is 75.3 Å². The maximum absolute atomic E-state index is 9.23. The second-order valence-corrected chi connectivity index (χ2v) is 3.44. The van der Waals surface area contributed by atoms with E-state index < -0.39 is 6.10 Å². The summed E-state index contributed by atoms with van der Waals surface area (Å²) in [5.74, 6) is 1.24. The Hall–Kier alpha value is -1.36. The van der Waals surface area contributed by atoms with Gasteiger partial charge in [0.1, 0.15) is 18.0 Å². The minimum atomic E-state index is -0.393. The minimum Gasteiger partial charge on any atom is -0.392 e. The Morgan fingerprint density at radius 2 is 2.21 bits per heavy atom. The molecule has 1 rings (SSSR count). The molecule has 1 atom stereocenters. The first-order valence-corrected chi connectivity index (χ1v) is 4.48. The number of likely N-dealkylation sites (N-methyl/N-ethyl adjacent to an activating group) is 1. The summed E-state index contributed by atoms with van der Waals surface area (Å²) in [6.45, 7) is 4.12. The number of nitrogens with zero attached hydrogens (tertiary/aromatic N) is 3. The lowest BCUT2D eigenvalue weighted by Gasteiger charge is -2.21. The number of aromatic nitrogens is 2. The maximum Gasteiger partial charge on any atom is 0.136 e. The summed E-state index contributed by atoms with van der Waals surface area (Å²) in [6.07, 6.45) is 1.03. The highest BCUT2D eigenvalue weighted by Crippen LogP contribution is 2.18. The van der Waals surface area contributed by atoms with Crippen LogP contribution < -0.4 is 10.6 Å². The first kappa shape index (κ1) is 10.7. The number of nitrogen functional groups attached to an aromatic ring is 1. The van der Waals surface area contributed by atoms with E-state index in [0.717, 1.165) is 11.4 Å². The molecule has 5 nitrogen and oxygen atoms in total. The summed E-state index contributed by atoms with van der Waals surface area (Å²) < 4.78 is 0. The van der Waals surface area contributed by atoms with Crippen LogP contribution in [0.25, 0.3) is 0 Å². The molecular weight excluding hydrogens is 180 g/mol. The van der Waals surface area contributed by atoms with Crippen LogP contribution >= 0.6 is 0 Å². The second-order valence-electron chi connectivity index (χ2n) is 3.44. The number of aliphatic hydroxyl groups is 1. The normalized spacial score (nSPS) is 12.6. The Kier molecular flexibility index (Phi) is 3.24. The summed E-state index contributed by atoms with van der Waals surface area (Å²) in [5.41, 5.74) is 6.49. The van der Waals surface area contributed by atoms with E-state index in [-0.39, 0.29) is 0 Å². The standard InChI is InChI=1S/C9H16N4O/c1-6(14)4-13(3)9-7(2)8(10)11-5-12-9/h5-6,14H,4H2,1-3H3,(H2,10,11,12). The van der Waals surface area contributed by atoms with Crippen molar-refractivity contribution in [3.8, 4) is 0 Å². The number of rotatable bonds is 3. The third kappa shape index (κ3) is 2.32. The smallest absolute Gasteiger partial charge is 0.136 e. The van der Waals surface area contributed by atoms with Crippen LogP contribution in [0.1, 0.15) is 12.5 Å². The van der Waals surface area contributed by atoms with E-state index >= 15 is 0 Å². The van der Waals surface area contributed by atoms with E-state index in [1.54, 1.807) is 6.92 Å². The van der Waals surface area contributed by atoms with Gasteiger partial charge in [-0.25, -0.2) is 9.97 Å². The van der Waals surface area contributed by atoms with Gasteiger partial charge in [0, 0.05) is 19.2 Å². The van der Waals surface area contributed by atoms with Crippen LogP contribution in [0.3, 0.4) is 0 Å². The lowest BCUT2D eigenvalue weighted by Crippen LogP contribution is -2.28. The van der Waals surface area contributed by atoms with Gasteiger partial charge in [-0.05, 0) is 13.8 Å². The third-order valence-corrected chi connectivity index (χ3v) is 2.00. The van der Waals surface area contributed by atoms with Gasteiger partial charge in [-0.15, -0.1) is 0 Å². The Labute approximate surface area is 83.6 Å². The van der Waals surface area contributed by atoms with Crippen molar-refractivity contribution in [3.05, 3.63) is 11.9 Å². The molecule has 0 fully saturated rings. The Morgan fingerprint density at radius 1 is 1.57 bits per heavy atom. The number of anilines is 2. The largest absolute Gasteiger partial charge is 0.392 e. The van der Waals surface area contributed by atoms with Gasteiger partial charge in [0.05, 0.1) is 6.10 Å². The van der Waals surface area contributed by atoms with Gasteiger partial charge in [0.25, 0.3) is 0 Å². The zero-order valence-electron chi connectivity index (χ0n) is 8.73. The van der Waals surface area contributed by atoms with Crippen LogP contribution in [0.2, 0.25) is 0 Å². The van der Waals surface area contributed by atoms with Crippen molar-refractivity contribution >= 4 is 11.6 Å². The van der Waals surface area contributed by atoms with E-state index in [1.807, 2.05) is 18.9 Å². The first-order chi connectivity index (χ1) is 6.52. The summed E-state index contributed by atoms with van der Waals surface area (Å²) in [6, 6.07) is 0. The molecule has 0 aliphatic carbocycles. The van der Waals surface area contributed by atoms with Crippen LogP contribution in [0.15, 0.2) is 6.33 Å². The summed E-state index contributed by atoms with van der Waals surface area (Å²) in [4.78, 5) is 9.85. The summed E-state index contributed by atoms with van der Waals surface area (Å²) in [5, 5.41) is 9.23. The highest BCUT2D eigenvalue weighted by Gasteiger charge is 2.10. The van der Waals surface area contributed by atoms with Gasteiger partial charge < -0.3 is 15.7 Å². The van der Waals surface area contributed by atoms with E-state index in [0.29, 0.717) is 12.4 Å². The Morgan fingerprint density at radius 3 is 2.79 bits per heavy atom. The number of hydrogen-bond acceptors (Lipinski definition) is 5. The zero-order valence-corrected chi connectivity index (χ0v) is 8.73. The van der Waals surface area contributed by atoms with Crippen molar-refractivity contribution in [3.63, 3.8) is 0 Å². The van der Waals surface area contributed by atoms with Gasteiger partial charge in [0.15, 0.2) is 0 Å². The molecule has 0 saturated heterocycles. The van der Waals surface area contributed by atoms with Gasteiger partial charge in [0.2, 0.25) is 0 Å². The van der Waals surface area contributed by atoms with Gasteiger partial charge in [-0.3, -0.25) is 0 Å². The molecular formula is C9H16N4O. The number of aliphatic hydroxyl groups excluding tert-OH is 1. The molecule has 0 radical (unpaired) electrons. The summed E-state index contributed by atoms with van der Waals surface area (Å²) >= 11 is 0. The molecule has 0 aliphatic heterocycles. The average Bonchev–Trinajstić information content (AvgIpc) is 2.08. The molecule has 0 amide bonds. The van der Waals surface area contributed by atoms with Crippen molar-refractivity contribution in [1.29, 1.82) is 0 Å². The average molecular weight is 196 g/mol. The van der Waals surface area contributed by atoms with Crippen LogP contribution in [0.4, 0.5) is 11.6 Å². The minimum absolute atomic E-state index is 0.393. The van der Waals surface area contributed by atoms with Crippen molar-refractivity contribution < 1.29 is 5.11 Å². The molecule has 0 spiro atoms. The van der Waals surface area contributed by atoms with Crippen molar-refractivity contribution in [2.75, 3.05) is 24.2 Å². The highest BCUT2D eigenvalue weighted by molar-refractivity contribution is 5.55. The van der Waals surface area contributed by atoms with Gasteiger partial charge in [-0.2, -0.15) is 0 Å². The first-order valence-electron chi connectivity index (χ1n) is 4.48. The molecule has 0 saturated carbocycles. The molecule has 0 aliphatic rings. The molecule has 0 aromatic carbocycles. The molecule has 1 aromatic rings. The van der Waals surface area contributed by atoms with Crippen LogP contribution in [0, 0.1) is 6.92 Å². The van der Waals surface area contributed by atoms with E-state index in [9.17, 15) is 5.11 Å². The second kappa shape index (κ2) is 4.23. The molecule has 1 unspecified atom stereocenters. The molecule has 1 heterocycles. The van der Waals surface area contributed by atoms with Crippen molar-refractivity contribution in [1.82, 2.24) is 9.97 Å². The SMILES string of the molecule is Cc1c(N)ncnc1N(C)CC(C)O. The lowest BCUT2D eigenvalue weighted by molar-refractivity contribution is 0.201. The van der Waals surface area contributed by atoms with Crippen LogP contribution in [-0.2, 0) is 0 Å². The molecule has 14 heavy (non-hydrogen) atoms. The van der Waals surface area contributed by atoms with Gasteiger partial charge >= 0.3 is 0 Å². The predicted molar refractivity (Wildman–Crippen MR) is 56.1 cm³/mol. The van der Waals surface area contributed by atoms with Crippen molar-refractivity contribution in [2.24, 2.45) is 0 Å². The molecule has 5 heteroatoms. The highest BCUT2D eigenvalue weighted by atomic mass is 16.3. The summed E-state index contributed by atoms with van der Waals surface area (Å²) in [7, 11) is 1.86. The molecule has 78 valence electrons. The Bertz CT molecular complexity index is 314. The van der Waals surface area contributed by atoms with E-state index in [1.165, 1.54) is 6.33 Å². The molecule has 3 N–H and O–H groups in total. The fourth-order valence-corrected chi connectivity index (χ4v) is 1.32. The van der Waals surface area contributed by atoms with Crippen molar-refractivity contribution in [2.45, 2.75) is 20.0 Å². The fraction of sp³-hybridized carbons (Fsp3) is 0.556. The quantitative estimate of drug-likeness (QED) is 0.721. The predicted octanol–water partition coefficient (Wildman–Crippen LogP) is 0.184. The van der Waals surface area contributed by atoms with E-state index in [2.05, 4.69) is 9.97 Å². The lowest BCUT2D eigenvalue weighted by atomic mass is 10.3. The van der Waals surface area contributed by atoms with Crippen LogP contribution in [-0.4, -0.2) is 34.8 Å².